The summed E-state index contributed by atoms with van der Waals surface area (Å²) in [5.41, 5.74) is 0.218. The number of carbonyl (C=O) groups excluding carboxylic acids is 1. The van der Waals surface area contributed by atoms with E-state index in [0.29, 0.717) is 25.9 Å². The fraction of sp³-hybridized carbons (Fsp3) is 0.500. The van der Waals surface area contributed by atoms with Crippen LogP contribution in [0.5, 0.6) is 0 Å². The number of hydrogen-bond acceptors (Lipinski definition) is 4. The first-order valence-corrected chi connectivity index (χ1v) is 9.35. The number of nitrogens with one attached hydrogen (secondary N) is 1. The van der Waals surface area contributed by atoms with E-state index in [4.69, 9.17) is 5.11 Å². The minimum atomic E-state index is -3.58. The van der Waals surface area contributed by atoms with Crippen LogP contribution in [0.15, 0.2) is 29.2 Å². The van der Waals surface area contributed by atoms with Crippen LogP contribution in [-0.2, 0) is 14.8 Å². The third kappa shape index (κ3) is 4.78. The molecule has 0 fully saturated rings. The van der Waals surface area contributed by atoms with E-state index < -0.39 is 27.9 Å². The molecule has 1 aromatic rings. The average molecular weight is 356 g/mol. The predicted octanol–water partition coefficient (Wildman–Crippen LogP) is 1.70. The molecule has 0 spiro atoms. The van der Waals surface area contributed by atoms with Crippen molar-refractivity contribution in [1.29, 1.82) is 0 Å². The van der Waals surface area contributed by atoms with Crippen LogP contribution < -0.4 is 5.32 Å². The maximum atomic E-state index is 12.4. The van der Waals surface area contributed by atoms with Crippen LogP contribution in [0.3, 0.4) is 0 Å². The SMILES string of the molecule is CCCC(NC(=O)c1ccc(S(=O)(=O)N(CC)CC)cc1)C(=O)O. The molecule has 0 bridgehead atoms. The summed E-state index contributed by atoms with van der Waals surface area (Å²) in [6.07, 6.45) is 0.952. The van der Waals surface area contributed by atoms with Crippen LogP contribution in [-0.4, -0.2) is 48.8 Å². The summed E-state index contributed by atoms with van der Waals surface area (Å²) < 4.78 is 26.1. The van der Waals surface area contributed by atoms with Gasteiger partial charge >= 0.3 is 5.97 Å². The van der Waals surface area contributed by atoms with Gasteiger partial charge in [-0.15, -0.1) is 0 Å². The van der Waals surface area contributed by atoms with E-state index in [9.17, 15) is 18.0 Å². The Hall–Kier alpha value is -1.93. The van der Waals surface area contributed by atoms with Gasteiger partial charge in [-0.25, -0.2) is 13.2 Å². The number of benzene rings is 1. The van der Waals surface area contributed by atoms with Crippen molar-refractivity contribution in [3.05, 3.63) is 29.8 Å². The van der Waals surface area contributed by atoms with E-state index in [2.05, 4.69) is 5.32 Å². The maximum absolute atomic E-state index is 12.4. The fourth-order valence-corrected chi connectivity index (χ4v) is 3.74. The number of hydrogen-bond donors (Lipinski definition) is 2. The lowest BCUT2D eigenvalue weighted by Crippen LogP contribution is -2.40. The molecule has 7 nitrogen and oxygen atoms in total. The summed E-state index contributed by atoms with van der Waals surface area (Å²) in [6, 6.07) is 4.53. The second kappa shape index (κ2) is 8.79. The van der Waals surface area contributed by atoms with E-state index in [1.54, 1.807) is 13.8 Å². The minimum Gasteiger partial charge on any atom is -0.480 e. The van der Waals surface area contributed by atoms with Crippen molar-refractivity contribution in [3.8, 4) is 0 Å². The molecule has 1 aromatic carbocycles. The van der Waals surface area contributed by atoms with Crippen LogP contribution >= 0.6 is 0 Å². The van der Waals surface area contributed by atoms with Gasteiger partial charge in [-0.2, -0.15) is 4.31 Å². The molecule has 8 heteroatoms. The van der Waals surface area contributed by atoms with Crippen molar-refractivity contribution in [1.82, 2.24) is 9.62 Å². The van der Waals surface area contributed by atoms with Crippen molar-refractivity contribution in [2.24, 2.45) is 0 Å². The Morgan fingerprint density at radius 2 is 1.67 bits per heavy atom. The molecule has 0 saturated carbocycles. The maximum Gasteiger partial charge on any atom is 0.326 e. The zero-order valence-electron chi connectivity index (χ0n) is 14.2. The Morgan fingerprint density at radius 1 is 1.12 bits per heavy atom. The highest BCUT2D eigenvalue weighted by Gasteiger charge is 2.23. The lowest BCUT2D eigenvalue weighted by Gasteiger charge is -2.18. The monoisotopic (exact) mass is 356 g/mol. The van der Waals surface area contributed by atoms with Gasteiger partial charge in [0.1, 0.15) is 6.04 Å². The number of carbonyl (C=O) groups is 2. The quantitative estimate of drug-likeness (QED) is 0.701. The van der Waals surface area contributed by atoms with Crippen LogP contribution in [0, 0.1) is 0 Å². The Labute approximate surface area is 142 Å². The molecule has 2 N–H and O–H groups in total. The molecule has 0 radical (unpaired) electrons. The van der Waals surface area contributed by atoms with Crippen LogP contribution in [0.25, 0.3) is 0 Å². The molecule has 1 rings (SSSR count). The van der Waals surface area contributed by atoms with Gasteiger partial charge in [-0.05, 0) is 30.7 Å². The van der Waals surface area contributed by atoms with E-state index in [-0.39, 0.29) is 10.5 Å². The highest BCUT2D eigenvalue weighted by molar-refractivity contribution is 7.89. The molecule has 24 heavy (non-hydrogen) atoms. The Bertz CT molecular complexity index is 666. The number of carboxylic acid groups (broad SMARTS) is 1. The first kappa shape index (κ1) is 20.1. The van der Waals surface area contributed by atoms with Gasteiger partial charge in [0.05, 0.1) is 4.90 Å². The first-order chi connectivity index (χ1) is 11.3. The standard InChI is InChI=1S/C16H24N2O5S/c1-4-7-14(16(20)21)17-15(19)12-8-10-13(11-9-12)24(22,23)18(5-2)6-3/h8-11,14H,4-7H2,1-3H3,(H,17,19)(H,20,21). The largest absolute Gasteiger partial charge is 0.480 e. The van der Waals surface area contributed by atoms with Gasteiger partial charge in [0.25, 0.3) is 5.91 Å². The first-order valence-electron chi connectivity index (χ1n) is 7.91. The Morgan fingerprint density at radius 3 is 2.08 bits per heavy atom. The van der Waals surface area contributed by atoms with Crippen molar-refractivity contribution < 1.29 is 23.1 Å². The lowest BCUT2D eigenvalue weighted by molar-refractivity contribution is -0.139. The van der Waals surface area contributed by atoms with Gasteiger partial charge in [0, 0.05) is 18.7 Å². The van der Waals surface area contributed by atoms with Gasteiger partial charge in [-0.1, -0.05) is 27.2 Å². The third-order valence-electron chi connectivity index (χ3n) is 3.64. The summed E-state index contributed by atoms with van der Waals surface area (Å²) in [7, 11) is -3.58. The smallest absolute Gasteiger partial charge is 0.326 e. The van der Waals surface area contributed by atoms with Gasteiger partial charge in [0.2, 0.25) is 10.0 Å². The summed E-state index contributed by atoms with van der Waals surface area (Å²) in [5, 5.41) is 11.5. The van der Waals surface area contributed by atoms with Gasteiger partial charge in [0.15, 0.2) is 0 Å². The molecule has 0 aromatic heterocycles. The van der Waals surface area contributed by atoms with Crippen LogP contribution in [0.2, 0.25) is 0 Å². The average Bonchev–Trinajstić information content (AvgIpc) is 2.55. The summed E-state index contributed by atoms with van der Waals surface area (Å²) >= 11 is 0. The molecule has 1 unspecified atom stereocenters. The molecule has 0 aliphatic heterocycles. The Balaban J connectivity index is 2.95. The molecule has 1 atom stereocenters. The van der Waals surface area contributed by atoms with Gasteiger partial charge < -0.3 is 10.4 Å². The van der Waals surface area contributed by atoms with Crippen LogP contribution in [0.4, 0.5) is 0 Å². The summed E-state index contributed by atoms with van der Waals surface area (Å²) in [6.45, 7) is 6.05. The molecule has 0 aliphatic rings. The van der Waals surface area contributed by atoms with Crippen LogP contribution in [0.1, 0.15) is 44.0 Å². The van der Waals surface area contributed by atoms with E-state index in [1.807, 2.05) is 6.92 Å². The number of rotatable bonds is 9. The normalized spacial score (nSPS) is 12.8. The van der Waals surface area contributed by atoms with E-state index in [0.717, 1.165) is 0 Å². The highest BCUT2D eigenvalue weighted by Crippen LogP contribution is 2.16. The number of aliphatic carboxylic acids is 1. The summed E-state index contributed by atoms with van der Waals surface area (Å²) in [4.78, 5) is 23.3. The van der Waals surface area contributed by atoms with Crippen molar-refractivity contribution in [3.63, 3.8) is 0 Å². The summed E-state index contributed by atoms with van der Waals surface area (Å²) in [5.74, 6) is -1.63. The molecule has 0 aliphatic carbocycles. The molecule has 1 amide bonds. The minimum absolute atomic E-state index is 0.103. The number of amides is 1. The van der Waals surface area contributed by atoms with Crippen molar-refractivity contribution >= 4 is 21.9 Å². The topological polar surface area (TPSA) is 104 Å². The fourth-order valence-electron chi connectivity index (χ4n) is 2.28. The number of nitrogens with zero attached hydrogens (tertiary/aromatic N) is 1. The highest BCUT2D eigenvalue weighted by atomic mass is 32.2. The Kier molecular flexibility index (Phi) is 7.37. The molecular weight excluding hydrogens is 332 g/mol. The molecule has 134 valence electrons. The van der Waals surface area contributed by atoms with Gasteiger partial charge in [-0.3, -0.25) is 4.79 Å². The van der Waals surface area contributed by atoms with E-state index in [1.165, 1.54) is 28.6 Å². The van der Waals surface area contributed by atoms with Crippen molar-refractivity contribution in [2.45, 2.75) is 44.6 Å². The molecule has 0 heterocycles. The molecular formula is C16H24N2O5S. The van der Waals surface area contributed by atoms with E-state index >= 15 is 0 Å². The number of sulfonamides is 1. The zero-order chi connectivity index (χ0) is 18.3. The molecule has 0 saturated heterocycles. The zero-order valence-corrected chi connectivity index (χ0v) is 15.0. The lowest BCUT2D eigenvalue weighted by atomic mass is 10.1. The second-order valence-electron chi connectivity index (χ2n) is 5.27. The van der Waals surface area contributed by atoms with Crippen molar-refractivity contribution in [2.75, 3.05) is 13.1 Å². The third-order valence-corrected chi connectivity index (χ3v) is 5.70. The predicted molar refractivity (Wildman–Crippen MR) is 90.3 cm³/mol. The number of carboxylic acids is 1. The second-order valence-corrected chi connectivity index (χ2v) is 7.20.